The molecule has 2 atom stereocenters. The molecule has 0 fully saturated rings. The Labute approximate surface area is 75.0 Å². The van der Waals surface area contributed by atoms with Crippen LogP contribution in [0.25, 0.3) is 0 Å². The molecule has 0 aliphatic heterocycles. The molecule has 13 heavy (non-hydrogen) atoms. The molecule has 0 N–H and O–H groups in total. The van der Waals surface area contributed by atoms with Crippen LogP contribution in [0.1, 0.15) is 13.8 Å². The van der Waals surface area contributed by atoms with Crippen LogP contribution in [0.3, 0.4) is 0 Å². The van der Waals surface area contributed by atoms with E-state index in [2.05, 4.69) is 4.74 Å². The lowest BCUT2D eigenvalue weighted by molar-refractivity contribution is -0.516. The van der Waals surface area contributed by atoms with Gasteiger partial charge in [0.05, 0.1) is 13.0 Å². The molecule has 74 valence electrons. The predicted octanol–water partition coefficient (Wildman–Crippen LogP) is 0.0298. The minimum Gasteiger partial charge on any atom is -0.464 e. The van der Waals surface area contributed by atoms with Crippen LogP contribution >= 0.6 is 0 Å². The number of rotatable bonds is 4. The van der Waals surface area contributed by atoms with Gasteiger partial charge in [0.15, 0.2) is 0 Å². The number of Topliss-reactive ketones (excluding diaryl/α,β-unsaturated/α-hetero) is 1. The first kappa shape index (κ1) is 11.5. The summed E-state index contributed by atoms with van der Waals surface area (Å²) in [6.45, 7) is 2.52. The molecule has 6 heteroatoms. The summed E-state index contributed by atoms with van der Waals surface area (Å²) in [4.78, 5) is 31.3. The molecule has 2 unspecified atom stereocenters. The van der Waals surface area contributed by atoms with Crippen molar-refractivity contribution in [3.05, 3.63) is 10.1 Å². The van der Waals surface area contributed by atoms with Gasteiger partial charge in [-0.2, -0.15) is 0 Å². The number of carbonyl (C=O) groups excluding carboxylic acids is 2. The summed E-state index contributed by atoms with van der Waals surface area (Å²) >= 11 is 0. The largest absolute Gasteiger partial charge is 0.464 e. The van der Waals surface area contributed by atoms with Gasteiger partial charge < -0.3 is 4.74 Å². The van der Waals surface area contributed by atoms with Gasteiger partial charge in [0.1, 0.15) is 5.78 Å². The number of hydrogen-bond donors (Lipinski definition) is 0. The van der Waals surface area contributed by atoms with Gasteiger partial charge in [0, 0.05) is 4.92 Å². The summed E-state index contributed by atoms with van der Waals surface area (Å²) in [6.07, 6.45) is 0. The van der Waals surface area contributed by atoms with E-state index in [1.54, 1.807) is 0 Å². The smallest absolute Gasteiger partial charge is 0.382 e. The fourth-order valence-corrected chi connectivity index (χ4v) is 0.816. The van der Waals surface area contributed by atoms with Crippen LogP contribution < -0.4 is 0 Å². The van der Waals surface area contributed by atoms with E-state index in [1.807, 2.05) is 0 Å². The van der Waals surface area contributed by atoms with E-state index < -0.39 is 28.6 Å². The first-order valence-electron chi connectivity index (χ1n) is 3.63. The van der Waals surface area contributed by atoms with Crippen molar-refractivity contribution in [1.82, 2.24) is 0 Å². The number of methoxy groups -OCH3 is 1. The van der Waals surface area contributed by atoms with Gasteiger partial charge in [-0.25, -0.2) is 4.79 Å². The molecule has 0 bridgehead atoms. The highest BCUT2D eigenvalue weighted by molar-refractivity contribution is 5.86. The number of ether oxygens (including phenoxy) is 1. The number of nitrogens with zero attached hydrogens (tertiary/aromatic N) is 1. The topological polar surface area (TPSA) is 86.5 Å². The first-order chi connectivity index (χ1) is 5.91. The van der Waals surface area contributed by atoms with E-state index in [1.165, 1.54) is 13.8 Å². The van der Waals surface area contributed by atoms with Crippen LogP contribution in [-0.4, -0.2) is 29.8 Å². The van der Waals surface area contributed by atoms with Crippen LogP contribution in [-0.2, 0) is 14.3 Å². The molecule has 0 saturated heterocycles. The van der Waals surface area contributed by atoms with E-state index in [4.69, 9.17) is 0 Å². The molecule has 6 nitrogen and oxygen atoms in total. The van der Waals surface area contributed by atoms with Gasteiger partial charge in [-0.1, -0.05) is 0 Å². The van der Waals surface area contributed by atoms with Crippen molar-refractivity contribution in [2.45, 2.75) is 19.9 Å². The minimum absolute atomic E-state index is 0.410. The van der Waals surface area contributed by atoms with Crippen LogP contribution in [0, 0.1) is 16.0 Å². The van der Waals surface area contributed by atoms with Crippen LogP contribution in [0.2, 0.25) is 0 Å². The second-order valence-corrected chi connectivity index (χ2v) is 2.65. The predicted molar refractivity (Wildman–Crippen MR) is 42.6 cm³/mol. The maximum atomic E-state index is 10.9. The van der Waals surface area contributed by atoms with E-state index in [9.17, 15) is 19.7 Å². The van der Waals surface area contributed by atoms with Crippen molar-refractivity contribution in [2.24, 2.45) is 5.92 Å². The SMILES string of the molecule is COC(=O)C(C(C)C(C)=O)[N+](=O)[O-]. The van der Waals surface area contributed by atoms with Crippen molar-refractivity contribution >= 4 is 11.8 Å². The minimum atomic E-state index is -1.59. The monoisotopic (exact) mass is 189 g/mol. The van der Waals surface area contributed by atoms with Crippen molar-refractivity contribution in [1.29, 1.82) is 0 Å². The van der Waals surface area contributed by atoms with Crippen molar-refractivity contribution in [2.75, 3.05) is 7.11 Å². The van der Waals surface area contributed by atoms with Gasteiger partial charge in [-0.3, -0.25) is 14.9 Å². The second kappa shape index (κ2) is 4.54. The first-order valence-corrected chi connectivity index (χ1v) is 3.63. The highest BCUT2D eigenvalue weighted by atomic mass is 16.6. The maximum absolute atomic E-state index is 10.9. The van der Waals surface area contributed by atoms with Crippen LogP contribution in [0.15, 0.2) is 0 Å². The van der Waals surface area contributed by atoms with Gasteiger partial charge in [0.25, 0.3) is 0 Å². The van der Waals surface area contributed by atoms with Crippen molar-refractivity contribution in [3.8, 4) is 0 Å². The van der Waals surface area contributed by atoms with Crippen molar-refractivity contribution < 1.29 is 19.2 Å². The quantitative estimate of drug-likeness (QED) is 0.353. The fourth-order valence-electron chi connectivity index (χ4n) is 0.816. The molecule has 0 rings (SSSR count). The zero-order chi connectivity index (χ0) is 10.6. The Morgan fingerprint density at radius 2 is 1.92 bits per heavy atom. The molecule has 0 aliphatic rings. The normalized spacial score (nSPS) is 14.4. The Bertz CT molecular complexity index is 237. The fraction of sp³-hybridized carbons (Fsp3) is 0.714. The summed E-state index contributed by atoms with van der Waals surface area (Å²) in [6, 6.07) is -1.59. The van der Waals surface area contributed by atoms with Gasteiger partial charge in [0.2, 0.25) is 0 Å². The van der Waals surface area contributed by atoms with Crippen LogP contribution in [0.5, 0.6) is 0 Å². The standard InChI is InChI=1S/C7H11NO5/c1-4(5(2)9)6(8(11)12)7(10)13-3/h4,6H,1-3H3. The van der Waals surface area contributed by atoms with Gasteiger partial charge in [-0.15, -0.1) is 0 Å². The number of ketones is 1. The van der Waals surface area contributed by atoms with Crippen molar-refractivity contribution in [3.63, 3.8) is 0 Å². The van der Waals surface area contributed by atoms with E-state index >= 15 is 0 Å². The number of hydrogen-bond acceptors (Lipinski definition) is 5. The lowest BCUT2D eigenvalue weighted by Gasteiger charge is -2.11. The molecule has 0 aromatic carbocycles. The van der Waals surface area contributed by atoms with E-state index in [0.717, 1.165) is 7.11 Å². The Hall–Kier alpha value is -1.46. The highest BCUT2D eigenvalue weighted by Gasteiger charge is 2.39. The number of nitro groups is 1. The molecule has 0 aromatic heterocycles. The molecule has 0 aliphatic carbocycles. The Kier molecular flexibility index (Phi) is 4.03. The molecule has 0 radical (unpaired) electrons. The average Bonchev–Trinajstić information content (AvgIpc) is 2.03. The van der Waals surface area contributed by atoms with E-state index in [-0.39, 0.29) is 0 Å². The third-order valence-electron chi connectivity index (χ3n) is 1.78. The Morgan fingerprint density at radius 1 is 1.46 bits per heavy atom. The molecule has 0 aromatic rings. The Morgan fingerprint density at radius 3 is 2.15 bits per heavy atom. The van der Waals surface area contributed by atoms with E-state index in [0.29, 0.717) is 0 Å². The third kappa shape index (κ3) is 2.81. The maximum Gasteiger partial charge on any atom is 0.382 e. The average molecular weight is 189 g/mol. The summed E-state index contributed by atoms with van der Waals surface area (Å²) in [5.74, 6) is -2.36. The molecule has 0 saturated carbocycles. The molecule has 0 spiro atoms. The highest BCUT2D eigenvalue weighted by Crippen LogP contribution is 2.09. The second-order valence-electron chi connectivity index (χ2n) is 2.65. The zero-order valence-electron chi connectivity index (χ0n) is 7.64. The summed E-state index contributed by atoms with van der Waals surface area (Å²) in [5, 5.41) is 10.4. The molecule has 0 amide bonds. The lowest BCUT2D eigenvalue weighted by atomic mass is 9.99. The number of esters is 1. The molecular formula is C7H11NO5. The Balaban J connectivity index is 4.71. The number of carbonyl (C=O) groups is 2. The third-order valence-corrected chi connectivity index (χ3v) is 1.78. The summed E-state index contributed by atoms with van der Waals surface area (Å²) in [7, 11) is 1.05. The lowest BCUT2D eigenvalue weighted by Crippen LogP contribution is -2.39. The van der Waals surface area contributed by atoms with Crippen LogP contribution in [0.4, 0.5) is 0 Å². The summed E-state index contributed by atoms with van der Waals surface area (Å²) in [5.41, 5.74) is 0. The molecule has 0 heterocycles. The van der Waals surface area contributed by atoms with Gasteiger partial charge >= 0.3 is 12.0 Å². The zero-order valence-corrected chi connectivity index (χ0v) is 7.64. The summed E-state index contributed by atoms with van der Waals surface area (Å²) < 4.78 is 4.21. The van der Waals surface area contributed by atoms with Gasteiger partial charge in [-0.05, 0) is 13.8 Å². The molecular weight excluding hydrogens is 178 g/mol.